The summed E-state index contributed by atoms with van der Waals surface area (Å²) in [6, 6.07) is 24.2. The van der Waals surface area contributed by atoms with Gasteiger partial charge in [-0.05, 0) is 85.0 Å². The molecule has 0 saturated carbocycles. The number of anilines is 2. The summed E-state index contributed by atoms with van der Waals surface area (Å²) in [7, 11) is 0. The van der Waals surface area contributed by atoms with E-state index in [0.717, 1.165) is 29.0 Å². The average Bonchev–Trinajstić information content (AvgIpc) is 3.46. The third-order valence-corrected chi connectivity index (χ3v) is 10.4. The molecule has 1 aliphatic heterocycles. The molecule has 2 unspecified atom stereocenters. The molecule has 0 fully saturated rings. The standard InChI is InChI=1S/C42H47ClN4O6/c1-9-35(53-36-23-16-28(41(5,6)10-2)24-32(36)42(7,8)11-3)39(48)44-30-19-22-33(34(25-30)47(50)51)46-40(49)38(52-31-20-12-26(4)13-21-31)37(45-46)27-14-17-29(43)18-15-27/h12-25,35,38H,9-11H2,1-8H3,(H,44,48). The number of nitrogens with one attached hydrogen (secondary N) is 1. The molecular formula is C42H47ClN4O6. The zero-order valence-corrected chi connectivity index (χ0v) is 32.3. The summed E-state index contributed by atoms with van der Waals surface area (Å²) in [5, 5.41) is 21.3. The fourth-order valence-electron chi connectivity index (χ4n) is 5.90. The molecule has 0 aromatic heterocycles. The number of nitrogens with zero attached hydrogens (tertiary/aromatic N) is 3. The summed E-state index contributed by atoms with van der Waals surface area (Å²) in [5.41, 5.74) is 3.47. The van der Waals surface area contributed by atoms with Gasteiger partial charge in [-0.15, -0.1) is 0 Å². The van der Waals surface area contributed by atoms with Crippen LogP contribution in [0.15, 0.2) is 90.0 Å². The number of carbonyl (C=O) groups is 2. The van der Waals surface area contributed by atoms with Crippen molar-refractivity contribution < 1.29 is 24.0 Å². The van der Waals surface area contributed by atoms with Crippen LogP contribution in [0.3, 0.4) is 0 Å². The van der Waals surface area contributed by atoms with E-state index in [4.69, 9.17) is 21.1 Å². The van der Waals surface area contributed by atoms with E-state index < -0.39 is 34.6 Å². The van der Waals surface area contributed by atoms with Crippen LogP contribution >= 0.6 is 11.6 Å². The zero-order valence-electron chi connectivity index (χ0n) is 31.5. The zero-order chi connectivity index (χ0) is 38.7. The number of halogens is 1. The normalized spacial score (nSPS) is 15.2. The van der Waals surface area contributed by atoms with Gasteiger partial charge in [0.15, 0.2) is 6.10 Å². The SMILES string of the molecule is CCC(Oc1ccc(C(C)(C)CC)cc1C(C)(C)CC)C(=O)Nc1ccc(N2N=C(c3ccc(Cl)cc3)C(Oc3ccc(C)cc3)C2=O)c([N+](=O)[O-])c1. The lowest BCUT2D eigenvalue weighted by molar-refractivity contribution is -0.384. The second kappa shape index (κ2) is 15.8. The van der Waals surface area contributed by atoms with Crippen molar-refractivity contribution in [1.29, 1.82) is 0 Å². The fraction of sp³-hybridized carbons (Fsp3) is 0.357. The van der Waals surface area contributed by atoms with Crippen molar-refractivity contribution in [2.24, 2.45) is 5.10 Å². The van der Waals surface area contributed by atoms with Gasteiger partial charge < -0.3 is 14.8 Å². The summed E-state index contributed by atoms with van der Waals surface area (Å²) < 4.78 is 12.5. The van der Waals surface area contributed by atoms with Crippen LogP contribution in [0.4, 0.5) is 17.1 Å². The van der Waals surface area contributed by atoms with E-state index in [1.807, 2.05) is 32.0 Å². The molecule has 1 aliphatic rings. The third kappa shape index (κ3) is 8.54. The molecule has 4 aromatic rings. The van der Waals surface area contributed by atoms with Crippen LogP contribution in [0.2, 0.25) is 5.02 Å². The van der Waals surface area contributed by atoms with E-state index in [2.05, 4.69) is 64.1 Å². The van der Waals surface area contributed by atoms with Gasteiger partial charge in [-0.25, -0.2) is 0 Å². The van der Waals surface area contributed by atoms with Crippen LogP contribution in [0.1, 0.15) is 90.0 Å². The third-order valence-electron chi connectivity index (χ3n) is 10.2. The van der Waals surface area contributed by atoms with Crippen molar-refractivity contribution in [3.05, 3.63) is 122 Å². The number of amides is 2. The van der Waals surface area contributed by atoms with Crippen LogP contribution in [0.25, 0.3) is 0 Å². The number of benzene rings is 4. The highest BCUT2D eigenvalue weighted by Crippen LogP contribution is 2.40. The lowest BCUT2D eigenvalue weighted by Gasteiger charge is -2.31. The summed E-state index contributed by atoms with van der Waals surface area (Å²) in [5.74, 6) is -0.0161. The Morgan fingerprint density at radius 1 is 0.943 bits per heavy atom. The largest absolute Gasteiger partial charge is 0.480 e. The minimum atomic E-state index is -1.19. The molecule has 2 amide bonds. The van der Waals surface area contributed by atoms with Crippen LogP contribution in [-0.2, 0) is 20.4 Å². The lowest BCUT2D eigenvalue weighted by Crippen LogP contribution is -2.37. The van der Waals surface area contributed by atoms with Gasteiger partial charge in [0.2, 0.25) is 6.10 Å². The quantitative estimate of drug-likeness (QED) is 0.101. The molecular weight excluding hydrogens is 692 g/mol. The second-order valence-electron chi connectivity index (χ2n) is 14.6. The number of hydrogen-bond acceptors (Lipinski definition) is 7. The van der Waals surface area contributed by atoms with E-state index in [1.54, 1.807) is 36.4 Å². The highest BCUT2D eigenvalue weighted by molar-refractivity contribution is 6.31. The predicted octanol–water partition coefficient (Wildman–Crippen LogP) is 9.93. The maximum atomic E-state index is 13.9. The molecule has 4 aromatic carbocycles. The molecule has 11 heteroatoms. The Morgan fingerprint density at radius 2 is 1.60 bits per heavy atom. The summed E-state index contributed by atoms with van der Waals surface area (Å²) in [6.45, 7) is 16.8. The van der Waals surface area contributed by atoms with Gasteiger partial charge in [0, 0.05) is 27.9 Å². The molecule has 1 heterocycles. The highest BCUT2D eigenvalue weighted by Gasteiger charge is 2.42. The molecule has 5 rings (SSSR count). The fourth-order valence-corrected chi connectivity index (χ4v) is 6.03. The molecule has 0 spiro atoms. The van der Waals surface area contributed by atoms with Gasteiger partial charge in [0.25, 0.3) is 17.5 Å². The van der Waals surface area contributed by atoms with E-state index in [0.29, 0.717) is 28.5 Å². The molecule has 10 nitrogen and oxygen atoms in total. The maximum Gasteiger partial charge on any atom is 0.297 e. The molecule has 2 atom stereocenters. The maximum absolute atomic E-state index is 13.9. The Labute approximate surface area is 316 Å². The second-order valence-corrected chi connectivity index (χ2v) is 15.0. The van der Waals surface area contributed by atoms with Crippen LogP contribution in [-0.4, -0.2) is 34.7 Å². The number of nitro groups is 1. The van der Waals surface area contributed by atoms with Crippen molar-refractivity contribution in [3.8, 4) is 11.5 Å². The Kier molecular flexibility index (Phi) is 11.6. The smallest absolute Gasteiger partial charge is 0.297 e. The number of carbonyl (C=O) groups excluding carboxylic acids is 2. The Morgan fingerprint density at radius 3 is 2.21 bits per heavy atom. The van der Waals surface area contributed by atoms with Crippen LogP contribution in [0, 0.1) is 17.0 Å². The number of rotatable bonds is 14. The van der Waals surface area contributed by atoms with Crippen molar-refractivity contribution in [3.63, 3.8) is 0 Å². The summed E-state index contributed by atoms with van der Waals surface area (Å²) >= 11 is 6.12. The first-order valence-electron chi connectivity index (χ1n) is 17.9. The number of hydrazone groups is 1. The number of aryl methyl sites for hydroxylation is 1. The molecule has 0 saturated heterocycles. The van der Waals surface area contributed by atoms with E-state index in [-0.39, 0.29) is 27.9 Å². The first kappa shape index (κ1) is 39.0. The summed E-state index contributed by atoms with van der Waals surface area (Å²) in [6.07, 6.45) is 0.115. The van der Waals surface area contributed by atoms with Gasteiger partial charge in [-0.2, -0.15) is 10.1 Å². The Bertz CT molecular complexity index is 2020. The lowest BCUT2D eigenvalue weighted by atomic mass is 9.76. The van der Waals surface area contributed by atoms with Crippen molar-refractivity contribution in [2.45, 2.75) is 97.7 Å². The van der Waals surface area contributed by atoms with Gasteiger partial charge in [-0.1, -0.05) is 102 Å². The molecule has 53 heavy (non-hydrogen) atoms. The van der Waals surface area contributed by atoms with E-state index >= 15 is 0 Å². The molecule has 0 aliphatic carbocycles. The van der Waals surface area contributed by atoms with Crippen molar-refractivity contribution >= 4 is 46.2 Å². The van der Waals surface area contributed by atoms with Gasteiger partial charge in [0.05, 0.1) is 4.92 Å². The Balaban J connectivity index is 1.43. The number of ether oxygens (including phenoxy) is 2. The van der Waals surface area contributed by atoms with Gasteiger partial charge in [-0.3, -0.25) is 19.7 Å². The van der Waals surface area contributed by atoms with E-state index in [1.165, 1.54) is 23.8 Å². The molecule has 1 N–H and O–H groups in total. The van der Waals surface area contributed by atoms with Gasteiger partial charge >= 0.3 is 0 Å². The summed E-state index contributed by atoms with van der Waals surface area (Å²) in [4.78, 5) is 39.4. The monoisotopic (exact) mass is 738 g/mol. The first-order valence-corrected chi connectivity index (χ1v) is 18.3. The Hall–Kier alpha value is -5.22. The molecule has 0 bridgehead atoms. The van der Waals surface area contributed by atoms with E-state index in [9.17, 15) is 19.7 Å². The van der Waals surface area contributed by atoms with Gasteiger partial charge in [0.1, 0.15) is 22.9 Å². The number of hydrogen-bond donors (Lipinski definition) is 1. The van der Waals surface area contributed by atoms with Crippen LogP contribution in [0.5, 0.6) is 11.5 Å². The predicted molar refractivity (Wildman–Crippen MR) is 211 cm³/mol. The number of nitro benzene ring substituents is 1. The minimum Gasteiger partial charge on any atom is -0.480 e. The molecule has 0 radical (unpaired) electrons. The van der Waals surface area contributed by atoms with Crippen molar-refractivity contribution in [1.82, 2.24) is 0 Å². The minimum absolute atomic E-state index is 0.0308. The van der Waals surface area contributed by atoms with Crippen LogP contribution < -0.4 is 19.8 Å². The topological polar surface area (TPSA) is 123 Å². The highest BCUT2D eigenvalue weighted by atomic mass is 35.5. The average molecular weight is 739 g/mol. The van der Waals surface area contributed by atoms with Crippen molar-refractivity contribution in [2.75, 3.05) is 10.3 Å². The first-order chi connectivity index (χ1) is 25.1. The molecule has 278 valence electrons.